The molecule has 6 heteroatoms. The molecule has 0 bridgehead atoms. The highest BCUT2D eigenvalue weighted by atomic mass is 16.6. The highest BCUT2D eigenvalue weighted by molar-refractivity contribution is 5.76. The van der Waals surface area contributed by atoms with Gasteiger partial charge in [0.2, 0.25) is 0 Å². The van der Waals surface area contributed by atoms with Crippen LogP contribution >= 0.6 is 0 Å². The van der Waals surface area contributed by atoms with Gasteiger partial charge in [-0.2, -0.15) is 0 Å². The summed E-state index contributed by atoms with van der Waals surface area (Å²) in [4.78, 5) is 11.0. The van der Waals surface area contributed by atoms with E-state index in [-0.39, 0.29) is 17.2 Å². The zero-order chi connectivity index (χ0) is 15.7. The van der Waals surface area contributed by atoms with E-state index in [1.54, 1.807) is 18.2 Å². The average Bonchev–Trinajstić information content (AvgIpc) is 2.48. The Morgan fingerprint density at radius 2 is 1.95 bits per heavy atom. The summed E-state index contributed by atoms with van der Waals surface area (Å²) < 4.78 is 0. The van der Waals surface area contributed by atoms with E-state index in [1.807, 2.05) is 6.92 Å². The highest BCUT2D eigenvalue weighted by Crippen LogP contribution is 2.33. The van der Waals surface area contributed by atoms with Crippen LogP contribution in [-0.4, -0.2) is 29.7 Å². The fourth-order valence-corrected chi connectivity index (χ4v) is 2.17. The molecule has 6 nitrogen and oxygen atoms in total. The van der Waals surface area contributed by atoms with Crippen molar-refractivity contribution in [2.45, 2.75) is 33.1 Å². The smallest absolute Gasteiger partial charge is 0.315 e. The average molecular weight is 295 g/mol. The third-order valence-electron chi connectivity index (χ3n) is 3.48. The van der Waals surface area contributed by atoms with Gasteiger partial charge in [0, 0.05) is 19.7 Å². The lowest BCUT2D eigenvalue weighted by atomic mass is 10.0. The van der Waals surface area contributed by atoms with E-state index in [9.17, 15) is 10.1 Å². The number of aliphatic hydroxyl groups excluding tert-OH is 1. The maximum atomic E-state index is 11.3. The number of nitro benzene ring substituents is 1. The van der Waals surface area contributed by atoms with Gasteiger partial charge in [0.25, 0.3) is 0 Å². The van der Waals surface area contributed by atoms with Gasteiger partial charge >= 0.3 is 5.69 Å². The van der Waals surface area contributed by atoms with Crippen LogP contribution in [-0.2, 0) is 0 Å². The lowest BCUT2D eigenvalue weighted by Gasteiger charge is -2.16. The van der Waals surface area contributed by atoms with Crippen molar-refractivity contribution in [1.29, 1.82) is 0 Å². The Bertz CT molecular complexity index is 452. The summed E-state index contributed by atoms with van der Waals surface area (Å²) in [6.07, 6.45) is 2.53. The number of aliphatic hydroxyl groups is 1. The van der Waals surface area contributed by atoms with Gasteiger partial charge in [-0.1, -0.05) is 26.3 Å². The molecule has 0 amide bonds. The molecule has 0 fully saturated rings. The second-order valence-electron chi connectivity index (χ2n) is 5.05. The number of hydrogen-bond donors (Lipinski definition) is 3. The number of hydrogen-bond acceptors (Lipinski definition) is 5. The lowest BCUT2D eigenvalue weighted by molar-refractivity contribution is -0.383. The second kappa shape index (κ2) is 9.18. The minimum absolute atomic E-state index is 0.0878. The van der Waals surface area contributed by atoms with E-state index >= 15 is 0 Å². The lowest BCUT2D eigenvalue weighted by Crippen LogP contribution is -2.16. The summed E-state index contributed by atoms with van der Waals surface area (Å²) in [5.41, 5.74) is 1.16. The molecule has 1 unspecified atom stereocenters. The molecule has 0 aromatic heterocycles. The van der Waals surface area contributed by atoms with E-state index < -0.39 is 0 Å². The predicted octanol–water partition coefficient (Wildman–Crippen LogP) is 3.24. The summed E-state index contributed by atoms with van der Waals surface area (Å²) in [5.74, 6) is 0.307. The molecule has 3 N–H and O–H groups in total. The van der Waals surface area contributed by atoms with E-state index in [0.717, 1.165) is 12.8 Å². The van der Waals surface area contributed by atoms with Gasteiger partial charge < -0.3 is 15.7 Å². The minimum Gasteiger partial charge on any atom is -0.396 e. The zero-order valence-corrected chi connectivity index (χ0v) is 12.8. The molecule has 21 heavy (non-hydrogen) atoms. The molecular formula is C15H25N3O3. The standard InChI is InChI=1S/C15H25N3O3/c1-3-9-16-13-6-5-7-14(15(13)18(20)21)17-11-12(4-2)8-10-19/h5-7,12,16-17,19H,3-4,8-11H2,1-2H3. The van der Waals surface area contributed by atoms with Crippen LogP contribution in [0.4, 0.5) is 17.1 Å². The fraction of sp³-hybridized carbons (Fsp3) is 0.600. The summed E-state index contributed by atoms with van der Waals surface area (Å²) >= 11 is 0. The first kappa shape index (κ1) is 17.2. The van der Waals surface area contributed by atoms with Gasteiger partial charge in [0.15, 0.2) is 0 Å². The van der Waals surface area contributed by atoms with Gasteiger partial charge in [-0.05, 0) is 30.9 Å². The summed E-state index contributed by atoms with van der Waals surface area (Å²) in [6.45, 7) is 5.53. The SMILES string of the molecule is CCCNc1cccc(NCC(CC)CCO)c1[N+](=O)[O-]. The number of benzene rings is 1. The topological polar surface area (TPSA) is 87.4 Å². The van der Waals surface area contributed by atoms with E-state index in [1.165, 1.54) is 0 Å². The van der Waals surface area contributed by atoms with Gasteiger partial charge in [-0.25, -0.2) is 0 Å². The quantitative estimate of drug-likeness (QED) is 0.455. The Morgan fingerprint density at radius 3 is 2.48 bits per heavy atom. The fourth-order valence-electron chi connectivity index (χ4n) is 2.17. The molecule has 0 radical (unpaired) electrons. The van der Waals surface area contributed by atoms with Crippen LogP contribution in [0.3, 0.4) is 0 Å². The minimum atomic E-state index is -0.354. The van der Waals surface area contributed by atoms with Crippen molar-refractivity contribution in [2.24, 2.45) is 5.92 Å². The molecule has 0 saturated heterocycles. The summed E-state index contributed by atoms with van der Waals surface area (Å²) in [6, 6.07) is 5.26. The first-order chi connectivity index (χ1) is 10.1. The zero-order valence-electron chi connectivity index (χ0n) is 12.8. The van der Waals surface area contributed by atoms with Crippen molar-refractivity contribution in [1.82, 2.24) is 0 Å². The Balaban J connectivity index is 2.87. The number of anilines is 2. The number of para-hydroxylation sites is 1. The molecule has 0 spiro atoms. The first-order valence-corrected chi connectivity index (χ1v) is 7.50. The largest absolute Gasteiger partial charge is 0.396 e. The Hall–Kier alpha value is -1.82. The van der Waals surface area contributed by atoms with Crippen molar-refractivity contribution >= 4 is 17.1 Å². The van der Waals surface area contributed by atoms with Gasteiger partial charge in [-0.15, -0.1) is 0 Å². The Labute approximate surface area is 125 Å². The molecular weight excluding hydrogens is 270 g/mol. The van der Waals surface area contributed by atoms with Gasteiger partial charge in [0.1, 0.15) is 11.4 Å². The predicted molar refractivity (Wildman–Crippen MR) is 85.9 cm³/mol. The summed E-state index contributed by atoms with van der Waals surface area (Å²) in [5, 5.41) is 26.6. The molecule has 1 rings (SSSR count). The van der Waals surface area contributed by atoms with E-state index in [4.69, 9.17) is 5.11 Å². The van der Waals surface area contributed by atoms with Crippen LogP contribution in [0.15, 0.2) is 18.2 Å². The molecule has 1 aromatic rings. The van der Waals surface area contributed by atoms with Crippen LogP contribution < -0.4 is 10.6 Å². The molecule has 0 saturated carbocycles. The van der Waals surface area contributed by atoms with Crippen LogP contribution in [0.2, 0.25) is 0 Å². The first-order valence-electron chi connectivity index (χ1n) is 7.50. The van der Waals surface area contributed by atoms with Crippen LogP contribution in [0.25, 0.3) is 0 Å². The van der Waals surface area contributed by atoms with Crippen molar-refractivity contribution in [2.75, 3.05) is 30.3 Å². The maximum absolute atomic E-state index is 11.3. The molecule has 0 heterocycles. The number of rotatable bonds is 10. The van der Waals surface area contributed by atoms with Gasteiger partial charge in [-0.3, -0.25) is 10.1 Å². The molecule has 1 atom stereocenters. The van der Waals surface area contributed by atoms with Crippen molar-refractivity contribution in [3.05, 3.63) is 28.3 Å². The highest BCUT2D eigenvalue weighted by Gasteiger charge is 2.19. The molecule has 0 aliphatic carbocycles. The molecule has 0 aliphatic heterocycles. The monoisotopic (exact) mass is 295 g/mol. The third-order valence-corrected chi connectivity index (χ3v) is 3.48. The normalized spacial score (nSPS) is 12.0. The number of nitrogens with zero attached hydrogens (tertiary/aromatic N) is 1. The number of nitrogens with one attached hydrogen (secondary N) is 2. The van der Waals surface area contributed by atoms with E-state index in [2.05, 4.69) is 17.6 Å². The van der Waals surface area contributed by atoms with Crippen LogP contribution in [0.5, 0.6) is 0 Å². The summed E-state index contributed by atoms with van der Waals surface area (Å²) in [7, 11) is 0. The number of nitro groups is 1. The van der Waals surface area contributed by atoms with Crippen molar-refractivity contribution in [3.8, 4) is 0 Å². The van der Waals surface area contributed by atoms with Crippen molar-refractivity contribution in [3.63, 3.8) is 0 Å². The molecule has 118 valence electrons. The molecule has 1 aromatic carbocycles. The Morgan fingerprint density at radius 1 is 1.29 bits per heavy atom. The van der Waals surface area contributed by atoms with Crippen molar-refractivity contribution < 1.29 is 10.0 Å². The second-order valence-corrected chi connectivity index (χ2v) is 5.05. The van der Waals surface area contributed by atoms with Gasteiger partial charge in [0.05, 0.1) is 4.92 Å². The third kappa shape index (κ3) is 5.23. The van der Waals surface area contributed by atoms with Crippen LogP contribution in [0.1, 0.15) is 33.1 Å². The van der Waals surface area contributed by atoms with Crippen LogP contribution in [0, 0.1) is 16.0 Å². The molecule has 0 aliphatic rings. The Kier molecular flexibility index (Phi) is 7.53. The maximum Gasteiger partial charge on any atom is 0.315 e. The van der Waals surface area contributed by atoms with E-state index in [0.29, 0.717) is 36.8 Å².